The lowest BCUT2D eigenvalue weighted by Gasteiger charge is -2.23. The number of carbonyl (C=O) groups is 1. The first-order valence-corrected chi connectivity index (χ1v) is 13.3. The van der Waals surface area contributed by atoms with Crippen molar-refractivity contribution in [3.8, 4) is 6.07 Å². The third-order valence-corrected chi connectivity index (χ3v) is 7.94. The van der Waals surface area contributed by atoms with Gasteiger partial charge >= 0.3 is 0 Å². The summed E-state index contributed by atoms with van der Waals surface area (Å²) in [6.45, 7) is -2.19. The summed E-state index contributed by atoms with van der Waals surface area (Å²) in [5.74, 6) is 0.0569. The summed E-state index contributed by atoms with van der Waals surface area (Å²) < 4.78 is 19.4. The van der Waals surface area contributed by atoms with E-state index in [0.29, 0.717) is 22.5 Å². The van der Waals surface area contributed by atoms with Crippen molar-refractivity contribution < 1.29 is 18.6 Å². The first kappa shape index (κ1) is 24.3. The van der Waals surface area contributed by atoms with Crippen LogP contribution in [-0.2, 0) is 25.6 Å². The Bertz CT molecular complexity index is 1230. The summed E-state index contributed by atoms with van der Waals surface area (Å²) in [6.07, 6.45) is 4.27. The summed E-state index contributed by atoms with van der Waals surface area (Å²) in [5.41, 5.74) is 1.56. The van der Waals surface area contributed by atoms with Crippen molar-refractivity contribution in [1.82, 2.24) is 24.6 Å². The van der Waals surface area contributed by atoms with Crippen molar-refractivity contribution in [2.45, 2.75) is 31.6 Å². The van der Waals surface area contributed by atoms with Crippen LogP contribution in [0.2, 0.25) is 0 Å². The number of imidazole rings is 1. The number of rotatable bonds is 10. The van der Waals surface area contributed by atoms with Crippen LogP contribution in [0.25, 0.3) is 11.2 Å². The number of nitrogens with one attached hydrogen (secondary N) is 2. The molecule has 178 valence electrons. The average molecular weight is 502 g/mol. The third-order valence-electron chi connectivity index (χ3n) is 5.20. The van der Waals surface area contributed by atoms with E-state index in [0.717, 1.165) is 12.8 Å². The second-order valence-corrected chi connectivity index (χ2v) is 10.8. The number of ether oxygens (including phenoxy) is 1. The SMILES string of the molecule is CNP(=S)(OCCC#N)OC[C@@H]1CC[C@H](n2cnc3c(NC(=O)c4ccccc4)ncnc32)O1. The zero-order chi connectivity index (χ0) is 24.0. The normalized spacial score (nSPS) is 19.5. The maximum Gasteiger partial charge on any atom is 0.261 e. The average Bonchev–Trinajstić information content (AvgIpc) is 3.51. The van der Waals surface area contributed by atoms with E-state index in [-0.39, 0.29) is 37.9 Å². The van der Waals surface area contributed by atoms with Crippen LogP contribution < -0.4 is 10.4 Å². The van der Waals surface area contributed by atoms with Crippen molar-refractivity contribution in [3.05, 3.63) is 48.5 Å². The van der Waals surface area contributed by atoms with Gasteiger partial charge in [-0.25, -0.2) is 20.0 Å². The predicted octanol–water partition coefficient (Wildman–Crippen LogP) is 3.15. The van der Waals surface area contributed by atoms with Crippen molar-refractivity contribution in [1.29, 1.82) is 5.26 Å². The number of hydrogen-bond acceptors (Lipinski definition) is 9. The number of aromatic nitrogens is 4. The van der Waals surface area contributed by atoms with E-state index in [1.54, 1.807) is 37.6 Å². The van der Waals surface area contributed by atoms with Crippen molar-refractivity contribution >= 4 is 41.3 Å². The molecular weight excluding hydrogens is 477 g/mol. The number of nitriles is 1. The first-order valence-electron chi connectivity index (χ1n) is 10.7. The van der Waals surface area contributed by atoms with Gasteiger partial charge in [-0.2, -0.15) is 5.26 Å². The molecule has 34 heavy (non-hydrogen) atoms. The number of fused-ring (bicyclic) bond motifs is 1. The molecule has 1 amide bonds. The van der Waals surface area contributed by atoms with E-state index in [9.17, 15) is 4.79 Å². The second-order valence-electron chi connectivity index (χ2n) is 7.41. The molecule has 11 nitrogen and oxygen atoms in total. The number of benzene rings is 1. The predicted molar refractivity (Wildman–Crippen MR) is 128 cm³/mol. The number of anilines is 1. The van der Waals surface area contributed by atoms with Crippen LogP contribution in [0.4, 0.5) is 5.82 Å². The Hall–Kier alpha value is -2.78. The topological polar surface area (TPSA) is 136 Å². The van der Waals surface area contributed by atoms with E-state index in [4.69, 9.17) is 30.9 Å². The molecule has 2 N–H and O–H groups in total. The van der Waals surface area contributed by atoms with Crippen LogP contribution >= 0.6 is 6.64 Å². The lowest BCUT2D eigenvalue weighted by atomic mass is 10.2. The highest BCUT2D eigenvalue weighted by atomic mass is 32.5. The number of nitrogens with zero attached hydrogens (tertiary/aromatic N) is 5. The Kier molecular flexibility index (Phi) is 7.95. The lowest BCUT2D eigenvalue weighted by Crippen LogP contribution is -2.19. The molecule has 0 bridgehead atoms. The highest BCUT2D eigenvalue weighted by Crippen LogP contribution is 2.44. The molecule has 3 aromatic rings. The largest absolute Gasteiger partial charge is 0.352 e. The Labute approximate surface area is 201 Å². The van der Waals surface area contributed by atoms with Gasteiger partial charge in [-0.15, -0.1) is 0 Å². The fourth-order valence-electron chi connectivity index (χ4n) is 3.50. The van der Waals surface area contributed by atoms with Crippen LogP contribution in [0.15, 0.2) is 43.0 Å². The van der Waals surface area contributed by atoms with Gasteiger partial charge in [0.1, 0.15) is 12.6 Å². The maximum atomic E-state index is 12.5. The quantitative estimate of drug-likeness (QED) is 0.315. The van der Waals surface area contributed by atoms with Crippen molar-refractivity contribution in [2.24, 2.45) is 0 Å². The summed E-state index contributed by atoms with van der Waals surface area (Å²) in [7, 11) is 1.68. The van der Waals surface area contributed by atoms with E-state index >= 15 is 0 Å². The number of amides is 1. The van der Waals surface area contributed by atoms with E-state index in [1.165, 1.54) is 6.33 Å². The van der Waals surface area contributed by atoms with Crippen LogP contribution in [0, 0.1) is 11.3 Å². The number of carbonyl (C=O) groups excluding carboxylic acids is 1. The van der Waals surface area contributed by atoms with Crippen molar-refractivity contribution in [3.63, 3.8) is 0 Å². The molecule has 0 aliphatic carbocycles. The third kappa shape index (κ3) is 5.64. The van der Waals surface area contributed by atoms with Gasteiger partial charge < -0.3 is 19.1 Å². The van der Waals surface area contributed by atoms with Gasteiger partial charge in [0.15, 0.2) is 17.0 Å². The molecule has 1 saturated heterocycles. The minimum Gasteiger partial charge on any atom is -0.352 e. The fourth-order valence-corrected chi connectivity index (χ4v) is 4.93. The van der Waals surface area contributed by atoms with Gasteiger partial charge in [-0.1, -0.05) is 18.2 Å². The molecule has 1 unspecified atom stereocenters. The van der Waals surface area contributed by atoms with E-state index < -0.39 is 6.64 Å². The molecule has 4 rings (SSSR count). The second kappa shape index (κ2) is 11.1. The van der Waals surface area contributed by atoms with Gasteiger partial charge in [0.05, 0.1) is 38.1 Å². The summed E-state index contributed by atoms with van der Waals surface area (Å²) in [5, 5.41) is 14.4. The first-order chi connectivity index (χ1) is 16.5. The summed E-state index contributed by atoms with van der Waals surface area (Å²) >= 11 is 5.43. The molecule has 0 saturated carbocycles. The van der Waals surface area contributed by atoms with Crippen LogP contribution in [0.3, 0.4) is 0 Å². The zero-order valence-electron chi connectivity index (χ0n) is 18.5. The highest BCUT2D eigenvalue weighted by Gasteiger charge is 2.30. The molecule has 3 atom stereocenters. The molecule has 0 radical (unpaired) electrons. The molecule has 13 heteroatoms. The van der Waals surface area contributed by atoms with E-state index in [1.807, 2.05) is 16.7 Å². The molecule has 1 fully saturated rings. The van der Waals surface area contributed by atoms with Gasteiger partial charge in [-0.3, -0.25) is 9.36 Å². The minimum atomic E-state index is -2.67. The Morgan fingerprint density at radius 2 is 2.12 bits per heavy atom. The van der Waals surface area contributed by atoms with Gasteiger partial charge in [0.25, 0.3) is 12.5 Å². The Morgan fingerprint density at radius 1 is 1.29 bits per heavy atom. The molecule has 1 aliphatic heterocycles. The standard InChI is InChI=1S/C21H24N7O4PS/c1-23-33(34,30-11-5-10-22)31-12-16-8-9-17(32-16)28-14-26-18-19(24-13-25-20(18)28)27-21(29)15-6-3-2-4-7-15/h2-4,6-7,13-14,16-17H,5,8-9,11-12H2,1H3,(H,23,34)(H,24,25,27,29)/t16-,17+,33?/m0/s1. The fraction of sp³-hybridized carbons (Fsp3) is 0.381. The summed E-state index contributed by atoms with van der Waals surface area (Å²) in [4.78, 5) is 25.5. The maximum absolute atomic E-state index is 12.5. The molecule has 2 aromatic heterocycles. The van der Waals surface area contributed by atoms with Gasteiger partial charge in [-0.05, 0) is 43.8 Å². The zero-order valence-corrected chi connectivity index (χ0v) is 20.2. The smallest absolute Gasteiger partial charge is 0.261 e. The lowest BCUT2D eigenvalue weighted by molar-refractivity contribution is -0.0167. The molecular formula is C21H24N7O4PS. The van der Waals surface area contributed by atoms with Crippen molar-refractivity contribution in [2.75, 3.05) is 25.6 Å². The Balaban J connectivity index is 1.41. The molecule has 0 spiro atoms. The molecule has 1 aromatic carbocycles. The van der Waals surface area contributed by atoms with E-state index in [2.05, 4.69) is 25.4 Å². The van der Waals surface area contributed by atoms with Crippen LogP contribution in [-0.4, -0.2) is 51.8 Å². The van der Waals surface area contributed by atoms with Gasteiger partial charge in [0.2, 0.25) is 0 Å². The molecule has 1 aliphatic rings. The van der Waals surface area contributed by atoms with Crippen LogP contribution in [0.1, 0.15) is 35.8 Å². The highest BCUT2D eigenvalue weighted by molar-refractivity contribution is 8.08. The summed E-state index contributed by atoms with van der Waals surface area (Å²) in [6, 6.07) is 10.9. The Morgan fingerprint density at radius 3 is 2.88 bits per heavy atom. The van der Waals surface area contributed by atoms with Crippen LogP contribution in [0.5, 0.6) is 0 Å². The number of hydrogen-bond donors (Lipinski definition) is 2. The molecule has 3 heterocycles. The monoisotopic (exact) mass is 501 g/mol. The van der Waals surface area contributed by atoms with Gasteiger partial charge in [0, 0.05) is 5.56 Å². The minimum absolute atomic E-state index is 0.184.